The van der Waals surface area contributed by atoms with E-state index in [4.69, 9.17) is 5.73 Å². The van der Waals surface area contributed by atoms with Crippen molar-refractivity contribution in [3.63, 3.8) is 0 Å². The number of allylic oxidation sites excluding steroid dienone is 2. The van der Waals surface area contributed by atoms with E-state index in [1.165, 1.54) is 11.3 Å². The summed E-state index contributed by atoms with van der Waals surface area (Å²) in [6, 6.07) is 0. The van der Waals surface area contributed by atoms with Crippen molar-refractivity contribution < 1.29 is 19.5 Å². The molecule has 0 unspecified atom stereocenters. The first-order valence-electron chi connectivity index (χ1n) is 11.1. The van der Waals surface area contributed by atoms with E-state index in [0.717, 1.165) is 47.3 Å². The summed E-state index contributed by atoms with van der Waals surface area (Å²) in [5.74, 6) is -2.74. The third-order valence-electron chi connectivity index (χ3n) is 7.69. The number of carboxylic acid groups (broad SMARTS) is 1. The standard InChI is InChI=1S/C24H34N2O4S/c1-6-24(4,5)14-7-8-15-18(11-14)31-22(19(15)20(25)27)26-21(28)16-9-12(2)13(3)10-17(16)23(29)30/h14,16-17H,6-11H2,1-5H3,(H2,25,27)(H,26,28)(H,29,30)/t14-,16-,17-/m0/s1. The van der Waals surface area contributed by atoms with Crippen LogP contribution in [-0.2, 0) is 22.4 Å². The van der Waals surface area contributed by atoms with Gasteiger partial charge in [-0.25, -0.2) is 0 Å². The number of rotatable bonds is 6. The summed E-state index contributed by atoms with van der Waals surface area (Å²) < 4.78 is 0. The quantitative estimate of drug-likeness (QED) is 0.547. The number of fused-ring (bicyclic) bond motifs is 1. The van der Waals surface area contributed by atoms with E-state index in [2.05, 4.69) is 26.1 Å². The number of carboxylic acids is 1. The fourth-order valence-electron chi connectivity index (χ4n) is 4.92. The molecule has 0 aliphatic heterocycles. The first-order chi connectivity index (χ1) is 14.5. The summed E-state index contributed by atoms with van der Waals surface area (Å²) in [4.78, 5) is 38.4. The van der Waals surface area contributed by atoms with Crippen LogP contribution in [0.3, 0.4) is 0 Å². The van der Waals surface area contributed by atoms with Crippen LogP contribution in [0.5, 0.6) is 0 Å². The molecule has 4 N–H and O–H groups in total. The second kappa shape index (κ2) is 8.77. The third-order valence-corrected chi connectivity index (χ3v) is 8.86. The van der Waals surface area contributed by atoms with Gasteiger partial charge in [-0.1, -0.05) is 38.3 Å². The van der Waals surface area contributed by atoms with Gasteiger partial charge in [0.1, 0.15) is 5.00 Å². The number of hydrogen-bond acceptors (Lipinski definition) is 4. The van der Waals surface area contributed by atoms with Crippen molar-refractivity contribution >= 4 is 34.1 Å². The number of nitrogens with one attached hydrogen (secondary N) is 1. The predicted octanol–water partition coefficient (Wildman–Crippen LogP) is 4.77. The van der Waals surface area contributed by atoms with Gasteiger partial charge in [-0.15, -0.1) is 11.3 Å². The number of thiophene rings is 1. The molecule has 6 nitrogen and oxygen atoms in total. The van der Waals surface area contributed by atoms with Gasteiger partial charge in [-0.3, -0.25) is 14.4 Å². The molecule has 2 aliphatic rings. The number of nitrogens with two attached hydrogens (primary N) is 1. The van der Waals surface area contributed by atoms with Gasteiger partial charge in [0.15, 0.2) is 0 Å². The van der Waals surface area contributed by atoms with Crippen LogP contribution in [0, 0.1) is 23.2 Å². The summed E-state index contributed by atoms with van der Waals surface area (Å²) in [6.07, 6.45) is 4.50. The molecule has 0 radical (unpaired) electrons. The predicted molar refractivity (Wildman–Crippen MR) is 123 cm³/mol. The number of anilines is 1. The second-order valence-corrected chi connectivity index (χ2v) is 11.0. The molecule has 7 heteroatoms. The van der Waals surface area contributed by atoms with Crippen molar-refractivity contribution in [2.45, 2.75) is 73.1 Å². The highest BCUT2D eigenvalue weighted by Crippen LogP contribution is 2.46. The maximum Gasteiger partial charge on any atom is 0.307 e. The number of carbonyl (C=O) groups is 3. The number of primary amides is 1. The Morgan fingerprint density at radius 2 is 1.74 bits per heavy atom. The van der Waals surface area contributed by atoms with Crippen molar-refractivity contribution in [1.29, 1.82) is 0 Å². The minimum Gasteiger partial charge on any atom is -0.481 e. The van der Waals surface area contributed by atoms with Gasteiger partial charge in [-0.05, 0) is 62.8 Å². The third kappa shape index (κ3) is 4.56. The summed E-state index contributed by atoms with van der Waals surface area (Å²) in [6.45, 7) is 10.6. The van der Waals surface area contributed by atoms with Crippen LogP contribution in [0.25, 0.3) is 0 Å². The fraction of sp³-hybridized carbons (Fsp3) is 0.625. The van der Waals surface area contributed by atoms with Crippen LogP contribution < -0.4 is 11.1 Å². The Morgan fingerprint density at radius 3 is 2.29 bits per heavy atom. The average molecular weight is 447 g/mol. The minimum absolute atomic E-state index is 0.205. The highest BCUT2D eigenvalue weighted by Gasteiger charge is 2.39. The molecule has 170 valence electrons. The molecule has 2 aliphatic carbocycles. The summed E-state index contributed by atoms with van der Waals surface area (Å²) in [5.41, 5.74) is 9.38. The Balaban J connectivity index is 1.89. The monoisotopic (exact) mass is 446 g/mol. The molecule has 31 heavy (non-hydrogen) atoms. The van der Waals surface area contributed by atoms with E-state index in [1.807, 2.05) is 13.8 Å². The van der Waals surface area contributed by atoms with Gasteiger partial charge in [0.25, 0.3) is 5.91 Å². The van der Waals surface area contributed by atoms with Crippen LogP contribution in [0.2, 0.25) is 0 Å². The average Bonchev–Trinajstić information content (AvgIpc) is 3.06. The molecule has 0 aromatic carbocycles. The first kappa shape index (κ1) is 23.5. The first-order valence-corrected chi connectivity index (χ1v) is 11.9. The van der Waals surface area contributed by atoms with Crippen molar-refractivity contribution in [2.24, 2.45) is 28.9 Å². The van der Waals surface area contributed by atoms with Gasteiger partial charge in [-0.2, -0.15) is 0 Å². The summed E-state index contributed by atoms with van der Waals surface area (Å²) >= 11 is 1.43. The Morgan fingerprint density at radius 1 is 1.13 bits per heavy atom. The molecule has 0 saturated carbocycles. The fourth-order valence-corrected chi connectivity index (χ4v) is 6.26. The Kier molecular flexibility index (Phi) is 6.65. The minimum atomic E-state index is -0.961. The normalized spacial score (nSPS) is 24.0. The van der Waals surface area contributed by atoms with E-state index in [-0.39, 0.29) is 11.3 Å². The smallest absolute Gasteiger partial charge is 0.307 e. The topological polar surface area (TPSA) is 109 Å². The molecule has 1 heterocycles. The van der Waals surface area contributed by atoms with Gasteiger partial charge in [0.05, 0.1) is 17.4 Å². The Bertz CT molecular complexity index is 944. The number of hydrogen-bond donors (Lipinski definition) is 3. The number of amides is 2. The summed E-state index contributed by atoms with van der Waals surface area (Å²) in [7, 11) is 0. The van der Waals surface area contributed by atoms with Crippen molar-refractivity contribution in [3.05, 3.63) is 27.2 Å². The van der Waals surface area contributed by atoms with Gasteiger partial charge < -0.3 is 16.2 Å². The van der Waals surface area contributed by atoms with E-state index in [9.17, 15) is 19.5 Å². The van der Waals surface area contributed by atoms with Crippen molar-refractivity contribution in [1.82, 2.24) is 0 Å². The maximum atomic E-state index is 13.1. The number of aliphatic carboxylic acids is 1. The van der Waals surface area contributed by atoms with E-state index in [1.54, 1.807) is 0 Å². The highest BCUT2D eigenvalue weighted by atomic mass is 32.1. The molecule has 0 fully saturated rings. The van der Waals surface area contributed by atoms with E-state index >= 15 is 0 Å². The van der Waals surface area contributed by atoms with E-state index in [0.29, 0.717) is 29.3 Å². The molecule has 0 saturated heterocycles. The molecular weight excluding hydrogens is 412 g/mol. The SMILES string of the molecule is CCC(C)(C)[C@H]1CCc2c(sc(NC(=O)[C@H]3CC(C)=C(C)C[C@@H]3C(=O)O)c2C(N)=O)C1. The lowest BCUT2D eigenvalue weighted by atomic mass is 9.69. The van der Waals surface area contributed by atoms with Gasteiger partial charge >= 0.3 is 5.97 Å². The molecule has 1 aromatic rings. The lowest BCUT2D eigenvalue weighted by molar-refractivity contribution is -0.146. The van der Waals surface area contributed by atoms with E-state index < -0.39 is 23.7 Å². The van der Waals surface area contributed by atoms with Gasteiger partial charge in [0, 0.05) is 4.88 Å². The molecule has 1 aromatic heterocycles. The number of carbonyl (C=O) groups excluding carboxylic acids is 2. The molecule has 0 bridgehead atoms. The lowest BCUT2D eigenvalue weighted by Gasteiger charge is -2.36. The lowest BCUT2D eigenvalue weighted by Crippen LogP contribution is -2.36. The zero-order valence-electron chi connectivity index (χ0n) is 19.1. The largest absolute Gasteiger partial charge is 0.481 e. The highest BCUT2D eigenvalue weighted by molar-refractivity contribution is 7.17. The van der Waals surface area contributed by atoms with Crippen LogP contribution in [0.4, 0.5) is 5.00 Å². The summed E-state index contributed by atoms with van der Waals surface area (Å²) in [5, 5.41) is 13.0. The van der Waals surface area contributed by atoms with Crippen molar-refractivity contribution in [2.75, 3.05) is 5.32 Å². The van der Waals surface area contributed by atoms with Crippen LogP contribution in [0.15, 0.2) is 11.1 Å². The van der Waals surface area contributed by atoms with Gasteiger partial charge in [0.2, 0.25) is 5.91 Å². The molecule has 0 spiro atoms. The van der Waals surface area contributed by atoms with Crippen LogP contribution in [0.1, 0.15) is 81.1 Å². The van der Waals surface area contributed by atoms with Crippen LogP contribution in [-0.4, -0.2) is 22.9 Å². The molecule has 3 rings (SSSR count). The zero-order chi connectivity index (χ0) is 23.1. The van der Waals surface area contributed by atoms with Crippen LogP contribution >= 0.6 is 11.3 Å². The Hall–Kier alpha value is -2.15. The Labute approximate surface area is 188 Å². The zero-order valence-corrected chi connectivity index (χ0v) is 19.9. The maximum absolute atomic E-state index is 13.1. The second-order valence-electron chi connectivity index (χ2n) is 9.86. The molecular formula is C24H34N2O4S. The molecule has 3 atom stereocenters. The van der Waals surface area contributed by atoms with Crippen molar-refractivity contribution in [3.8, 4) is 0 Å². The molecule has 2 amide bonds.